The van der Waals surface area contributed by atoms with Crippen molar-refractivity contribution >= 4 is 57.0 Å². The number of nitrogen functional groups attached to an aromatic ring is 9. The van der Waals surface area contributed by atoms with Gasteiger partial charge in [0.2, 0.25) is 0 Å². The second kappa shape index (κ2) is 8.50. The highest BCUT2D eigenvalue weighted by molar-refractivity contribution is 6.23. The molecular formula is C17H29N11O. The highest BCUT2D eigenvalue weighted by Crippen LogP contribution is 2.41. The molecule has 158 valence electrons. The van der Waals surface area contributed by atoms with Crippen LogP contribution in [0.25, 0.3) is 0 Å². The maximum Gasteiger partial charge on any atom is 0.199 e. The van der Waals surface area contributed by atoms with E-state index in [0.29, 0.717) is 0 Å². The van der Waals surface area contributed by atoms with E-state index in [2.05, 4.69) is 10.6 Å². The van der Waals surface area contributed by atoms with Crippen LogP contribution in [0, 0.1) is 0 Å². The molecule has 0 bridgehead atoms. The molecular weight excluding hydrogens is 374 g/mol. The van der Waals surface area contributed by atoms with Crippen LogP contribution in [0.15, 0.2) is 6.07 Å². The fraction of sp³-hybridized carbons (Fsp3) is 0.235. The first kappa shape index (κ1) is 21.5. The number of piperazine rings is 1. The molecule has 2 aromatic rings. The van der Waals surface area contributed by atoms with Gasteiger partial charge in [0.15, 0.2) is 5.78 Å². The van der Waals surface area contributed by atoms with Gasteiger partial charge in [-0.1, -0.05) is 0 Å². The van der Waals surface area contributed by atoms with E-state index in [1.807, 2.05) is 0 Å². The average molecular weight is 403 g/mol. The first-order chi connectivity index (χ1) is 13.6. The van der Waals surface area contributed by atoms with E-state index in [0.717, 1.165) is 26.2 Å². The summed E-state index contributed by atoms with van der Waals surface area (Å²) in [6.07, 6.45) is 0. The Morgan fingerprint density at radius 3 is 1.38 bits per heavy atom. The average Bonchev–Trinajstić information content (AvgIpc) is 2.73. The molecule has 0 aliphatic carbocycles. The van der Waals surface area contributed by atoms with Crippen molar-refractivity contribution in [3.63, 3.8) is 0 Å². The van der Waals surface area contributed by atoms with Gasteiger partial charge in [-0.15, -0.1) is 0 Å². The van der Waals surface area contributed by atoms with Crippen LogP contribution >= 0.6 is 0 Å². The van der Waals surface area contributed by atoms with Gasteiger partial charge in [0.1, 0.15) is 0 Å². The Balaban J connectivity index is 0.000000426. The van der Waals surface area contributed by atoms with E-state index in [-0.39, 0.29) is 62.3 Å². The van der Waals surface area contributed by atoms with Gasteiger partial charge in [-0.2, -0.15) is 0 Å². The number of nitrogens with one attached hydrogen (secondary N) is 2. The molecule has 1 aliphatic heterocycles. The Kier molecular flexibility index (Phi) is 6.31. The smallest absolute Gasteiger partial charge is 0.199 e. The van der Waals surface area contributed by atoms with E-state index < -0.39 is 5.78 Å². The number of rotatable bonds is 2. The third kappa shape index (κ3) is 4.07. The summed E-state index contributed by atoms with van der Waals surface area (Å²) < 4.78 is 0. The van der Waals surface area contributed by atoms with Crippen molar-refractivity contribution in [2.24, 2.45) is 0 Å². The number of hydrogen-bond acceptors (Lipinski definition) is 12. The predicted octanol–water partition coefficient (Wildman–Crippen LogP) is -1.66. The van der Waals surface area contributed by atoms with Crippen LogP contribution in [0.1, 0.15) is 15.9 Å². The van der Waals surface area contributed by atoms with Crippen molar-refractivity contribution < 1.29 is 4.79 Å². The SMILES string of the molecule is C1CNCCN1.Nc1cc(C(=O)c2c(N)c(N)c(N)c(N)c2N)c(N)c(N)c1N. The van der Waals surface area contributed by atoms with Crippen LogP contribution in [0.5, 0.6) is 0 Å². The molecule has 0 atom stereocenters. The van der Waals surface area contributed by atoms with Crippen molar-refractivity contribution in [1.82, 2.24) is 10.6 Å². The lowest BCUT2D eigenvalue weighted by Crippen LogP contribution is -2.39. The van der Waals surface area contributed by atoms with Crippen molar-refractivity contribution in [2.75, 3.05) is 77.8 Å². The highest BCUT2D eigenvalue weighted by atomic mass is 16.1. The summed E-state index contributed by atoms with van der Waals surface area (Å²) in [6, 6.07) is 1.28. The second-order valence-electron chi connectivity index (χ2n) is 6.53. The Morgan fingerprint density at radius 1 is 0.586 bits per heavy atom. The minimum absolute atomic E-state index is 0.000792. The number of hydrogen-bond donors (Lipinski definition) is 11. The van der Waals surface area contributed by atoms with E-state index in [9.17, 15) is 4.79 Å². The first-order valence-electron chi connectivity index (χ1n) is 8.79. The molecule has 0 aromatic heterocycles. The zero-order chi connectivity index (χ0) is 21.9. The molecule has 2 aromatic carbocycles. The van der Waals surface area contributed by atoms with Gasteiger partial charge in [0, 0.05) is 31.7 Å². The van der Waals surface area contributed by atoms with E-state index in [1.165, 1.54) is 6.07 Å². The third-order valence-electron chi connectivity index (χ3n) is 4.61. The van der Waals surface area contributed by atoms with Gasteiger partial charge in [-0.25, -0.2) is 0 Å². The van der Waals surface area contributed by atoms with Gasteiger partial charge in [-0.3, -0.25) is 4.79 Å². The molecule has 0 amide bonds. The topological polar surface area (TPSA) is 275 Å². The Labute approximate surface area is 168 Å². The van der Waals surface area contributed by atoms with Crippen molar-refractivity contribution in [2.45, 2.75) is 0 Å². The minimum Gasteiger partial charge on any atom is -0.397 e. The largest absolute Gasteiger partial charge is 0.397 e. The molecule has 1 heterocycles. The number of carbonyl (C=O) groups excluding carboxylic acids is 1. The van der Waals surface area contributed by atoms with Gasteiger partial charge >= 0.3 is 0 Å². The Morgan fingerprint density at radius 2 is 0.966 bits per heavy atom. The summed E-state index contributed by atoms with van der Waals surface area (Å²) in [5.41, 5.74) is 51.6. The van der Waals surface area contributed by atoms with Gasteiger partial charge in [-0.05, 0) is 6.07 Å². The summed E-state index contributed by atoms with van der Waals surface area (Å²) in [4.78, 5) is 12.8. The lowest BCUT2D eigenvalue weighted by atomic mass is 9.95. The van der Waals surface area contributed by atoms with Crippen LogP contribution in [0.3, 0.4) is 0 Å². The molecule has 12 nitrogen and oxygen atoms in total. The maximum atomic E-state index is 12.8. The van der Waals surface area contributed by atoms with Crippen molar-refractivity contribution in [3.8, 4) is 0 Å². The zero-order valence-corrected chi connectivity index (χ0v) is 16.0. The Bertz CT molecular complexity index is 897. The first-order valence-corrected chi connectivity index (χ1v) is 8.79. The van der Waals surface area contributed by atoms with Crippen LogP contribution in [0.2, 0.25) is 0 Å². The lowest BCUT2D eigenvalue weighted by molar-refractivity contribution is 0.104. The molecule has 1 aliphatic rings. The molecule has 3 rings (SSSR count). The van der Waals surface area contributed by atoms with Crippen molar-refractivity contribution in [3.05, 3.63) is 17.2 Å². The summed E-state index contributed by atoms with van der Waals surface area (Å²) >= 11 is 0. The molecule has 1 fully saturated rings. The molecule has 0 radical (unpaired) electrons. The van der Waals surface area contributed by atoms with Crippen LogP contribution < -0.4 is 62.2 Å². The van der Waals surface area contributed by atoms with E-state index in [4.69, 9.17) is 51.6 Å². The molecule has 0 unspecified atom stereocenters. The number of carbonyl (C=O) groups is 1. The van der Waals surface area contributed by atoms with E-state index in [1.54, 1.807) is 0 Å². The molecule has 12 heteroatoms. The number of ketones is 1. The lowest BCUT2D eigenvalue weighted by Gasteiger charge is -2.18. The summed E-state index contributed by atoms with van der Waals surface area (Å²) in [5.74, 6) is -0.644. The van der Waals surface area contributed by atoms with E-state index >= 15 is 0 Å². The summed E-state index contributed by atoms with van der Waals surface area (Å²) in [5, 5.41) is 6.44. The minimum atomic E-state index is -0.644. The van der Waals surface area contributed by atoms with Gasteiger partial charge < -0.3 is 62.2 Å². The molecule has 0 spiro atoms. The fourth-order valence-corrected chi connectivity index (χ4v) is 2.78. The van der Waals surface area contributed by atoms with Crippen LogP contribution in [-0.4, -0.2) is 32.0 Å². The third-order valence-corrected chi connectivity index (χ3v) is 4.61. The van der Waals surface area contributed by atoms with Gasteiger partial charge in [0.05, 0.1) is 56.7 Å². The maximum absolute atomic E-state index is 12.8. The van der Waals surface area contributed by atoms with Crippen LogP contribution in [0.4, 0.5) is 51.2 Å². The Hall–Kier alpha value is -3.77. The monoisotopic (exact) mass is 403 g/mol. The standard InChI is InChI=1S/C13H19N9O.C4H10N2/c14-3-1-2(5(15)9(19)6(3)16)13(23)4-7(17)10(20)12(22)11(21)8(4)18;1-2-6-4-3-5-1/h1H,14-22H2;5-6H,1-4H2. The summed E-state index contributed by atoms with van der Waals surface area (Å²) in [6.45, 7) is 4.56. The molecule has 0 saturated carbocycles. The normalized spacial score (nSPS) is 13.4. The molecule has 29 heavy (non-hydrogen) atoms. The molecule has 20 N–H and O–H groups in total. The fourth-order valence-electron chi connectivity index (χ4n) is 2.78. The van der Waals surface area contributed by atoms with Crippen molar-refractivity contribution in [1.29, 1.82) is 0 Å². The zero-order valence-electron chi connectivity index (χ0n) is 16.0. The number of nitrogens with two attached hydrogens (primary N) is 9. The number of anilines is 9. The second-order valence-corrected chi connectivity index (χ2v) is 6.53. The predicted molar refractivity (Wildman–Crippen MR) is 122 cm³/mol. The quantitative estimate of drug-likeness (QED) is 0.198. The number of benzene rings is 2. The molecule has 1 saturated heterocycles. The van der Waals surface area contributed by atoms with Gasteiger partial charge in [0.25, 0.3) is 0 Å². The van der Waals surface area contributed by atoms with Crippen LogP contribution in [-0.2, 0) is 0 Å². The highest BCUT2D eigenvalue weighted by Gasteiger charge is 2.25. The summed E-state index contributed by atoms with van der Waals surface area (Å²) in [7, 11) is 0.